The highest BCUT2D eigenvalue weighted by atomic mass is 32.3. The van der Waals surface area contributed by atoms with Crippen LogP contribution in [0.5, 0.6) is 0 Å². The summed E-state index contributed by atoms with van der Waals surface area (Å²) in [6, 6.07) is 8.74. The lowest BCUT2D eigenvalue weighted by Crippen LogP contribution is -2.38. The topological polar surface area (TPSA) is 83.5 Å². The molecule has 0 bridgehead atoms. The molecule has 94 valence electrons. The second-order valence-corrected chi connectivity index (χ2v) is 4.30. The van der Waals surface area contributed by atoms with Crippen molar-refractivity contribution in [1.29, 1.82) is 0 Å². The molecule has 0 saturated heterocycles. The van der Waals surface area contributed by atoms with E-state index in [1.807, 2.05) is 0 Å². The Bertz CT molecular complexity index is 471. The van der Waals surface area contributed by atoms with Crippen LogP contribution in [-0.2, 0) is 25.9 Å². The number of benzene rings is 1. The first-order chi connectivity index (χ1) is 7.88. The SMILES string of the molecule is O=C([O-])C(CCc1ccccc1)OS(=O)(=O)F. The monoisotopic (exact) mass is 261 g/mol. The number of aliphatic carboxylic acids is 1. The highest BCUT2D eigenvalue weighted by Crippen LogP contribution is 2.10. The van der Waals surface area contributed by atoms with Gasteiger partial charge in [0, 0.05) is 0 Å². The number of carbonyl (C=O) groups excluding carboxylic acids is 1. The Morgan fingerprint density at radius 1 is 1.35 bits per heavy atom. The van der Waals surface area contributed by atoms with Gasteiger partial charge in [0.15, 0.2) is 0 Å². The summed E-state index contributed by atoms with van der Waals surface area (Å²) in [5.74, 6) is -1.76. The van der Waals surface area contributed by atoms with Crippen molar-refractivity contribution in [3.63, 3.8) is 0 Å². The maximum absolute atomic E-state index is 12.2. The van der Waals surface area contributed by atoms with Gasteiger partial charge >= 0.3 is 10.5 Å². The van der Waals surface area contributed by atoms with Gasteiger partial charge in [-0.15, -0.1) is 0 Å². The third kappa shape index (κ3) is 5.41. The van der Waals surface area contributed by atoms with E-state index in [-0.39, 0.29) is 12.8 Å². The molecule has 0 aliphatic rings. The first kappa shape index (κ1) is 13.6. The van der Waals surface area contributed by atoms with Crippen molar-refractivity contribution < 1.29 is 26.4 Å². The van der Waals surface area contributed by atoms with Gasteiger partial charge in [0.2, 0.25) is 0 Å². The number of hydrogen-bond donors (Lipinski definition) is 0. The quantitative estimate of drug-likeness (QED) is 0.671. The van der Waals surface area contributed by atoms with E-state index in [1.54, 1.807) is 30.3 Å². The fourth-order valence-electron chi connectivity index (χ4n) is 1.29. The summed E-state index contributed by atoms with van der Waals surface area (Å²) in [7, 11) is -5.29. The van der Waals surface area contributed by atoms with Crippen molar-refractivity contribution in [3.05, 3.63) is 35.9 Å². The minimum atomic E-state index is -5.29. The Balaban J connectivity index is 2.60. The normalized spacial score (nSPS) is 13.2. The molecule has 0 radical (unpaired) electrons. The van der Waals surface area contributed by atoms with Crippen LogP contribution in [0.15, 0.2) is 30.3 Å². The van der Waals surface area contributed by atoms with E-state index in [0.29, 0.717) is 0 Å². The van der Waals surface area contributed by atoms with Crippen LogP contribution in [0.25, 0.3) is 0 Å². The largest absolute Gasteiger partial charge is 0.547 e. The molecule has 1 rings (SSSR count). The van der Waals surface area contributed by atoms with Crippen LogP contribution in [0.4, 0.5) is 3.89 Å². The summed E-state index contributed by atoms with van der Waals surface area (Å²) in [5.41, 5.74) is 0.790. The molecule has 0 spiro atoms. The minimum absolute atomic E-state index is 0.185. The summed E-state index contributed by atoms with van der Waals surface area (Å²) in [6.45, 7) is 0. The van der Waals surface area contributed by atoms with Crippen molar-refractivity contribution in [2.45, 2.75) is 18.9 Å². The van der Waals surface area contributed by atoms with Gasteiger partial charge in [0.05, 0.1) is 5.97 Å². The number of carboxylic acids is 1. The lowest BCUT2D eigenvalue weighted by atomic mass is 10.1. The Kier molecular flexibility index (Phi) is 4.59. The highest BCUT2D eigenvalue weighted by Gasteiger charge is 2.19. The fourth-order valence-corrected chi connectivity index (χ4v) is 1.74. The Hall–Kier alpha value is -1.47. The molecule has 1 atom stereocenters. The molecule has 0 fully saturated rings. The van der Waals surface area contributed by atoms with Crippen molar-refractivity contribution in [2.24, 2.45) is 0 Å². The number of aryl methyl sites for hydroxylation is 1. The summed E-state index contributed by atoms with van der Waals surface area (Å²) >= 11 is 0. The molecule has 1 aromatic rings. The molecule has 0 amide bonds. The zero-order valence-electron chi connectivity index (χ0n) is 8.71. The van der Waals surface area contributed by atoms with E-state index in [2.05, 4.69) is 4.18 Å². The van der Waals surface area contributed by atoms with Crippen molar-refractivity contribution in [1.82, 2.24) is 0 Å². The molecular formula is C10H10FO5S-. The maximum Gasteiger partial charge on any atom is 0.438 e. The molecule has 1 unspecified atom stereocenters. The van der Waals surface area contributed by atoms with Crippen LogP contribution in [0.3, 0.4) is 0 Å². The Morgan fingerprint density at radius 3 is 2.41 bits per heavy atom. The maximum atomic E-state index is 12.2. The van der Waals surface area contributed by atoms with Gasteiger partial charge in [-0.1, -0.05) is 34.2 Å². The second kappa shape index (κ2) is 5.74. The van der Waals surface area contributed by atoms with E-state index in [4.69, 9.17) is 0 Å². The standard InChI is InChI=1S/C10H11FO5S/c11-17(14,15)16-9(10(12)13)7-6-8-4-2-1-3-5-8/h1-5,9H,6-7H2,(H,12,13)/p-1. The third-order valence-electron chi connectivity index (χ3n) is 2.03. The van der Waals surface area contributed by atoms with Gasteiger partial charge < -0.3 is 9.90 Å². The number of carboxylic acid groups (broad SMARTS) is 1. The van der Waals surface area contributed by atoms with Crippen molar-refractivity contribution >= 4 is 16.5 Å². The average Bonchev–Trinajstić information content (AvgIpc) is 2.24. The zero-order chi connectivity index (χ0) is 12.9. The number of halogens is 1. The third-order valence-corrected chi connectivity index (χ3v) is 2.49. The lowest BCUT2D eigenvalue weighted by molar-refractivity contribution is -0.313. The molecule has 0 aliphatic carbocycles. The van der Waals surface area contributed by atoms with E-state index >= 15 is 0 Å². The van der Waals surface area contributed by atoms with Crippen LogP contribution in [-0.4, -0.2) is 20.5 Å². The molecule has 17 heavy (non-hydrogen) atoms. The number of carbonyl (C=O) groups is 1. The first-order valence-electron chi connectivity index (χ1n) is 4.76. The number of hydrogen-bond acceptors (Lipinski definition) is 5. The van der Waals surface area contributed by atoms with Gasteiger partial charge in [0.25, 0.3) is 0 Å². The number of rotatable bonds is 6. The van der Waals surface area contributed by atoms with Gasteiger partial charge in [-0.05, 0) is 18.4 Å². The van der Waals surface area contributed by atoms with Crippen LogP contribution in [0.2, 0.25) is 0 Å². The van der Waals surface area contributed by atoms with Gasteiger partial charge in [-0.2, -0.15) is 8.42 Å². The smallest absolute Gasteiger partial charge is 0.438 e. The molecule has 0 saturated carbocycles. The van der Waals surface area contributed by atoms with Crippen molar-refractivity contribution in [2.75, 3.05) is 0 Å². The summed E-state index contributed by atoms with van der Waals surface area (Å²) in [4.78, 5) is 10.5. The average molecular weight is 261 g/mol. The fraction of sp³-hybridized carbons (Fsp3) is 0.300. The molecule has 0 N–H and O–H groups in total. The Labute approximate surface area is 98.3 Å². The van der Waals surface area contributed by atoms with Gasteiger partial charge in [-0.25, -0.2) is 4.18 Å². The predicted octanol–water partition coefficient (Wildman–Crippen LogP) is -0.0314. The predicted molar refractivity (Wildman–Crippen MR) is 54.7 cm³/mol. The molecule has 5 nitrogen and oxygen atoms in total. The Morgan fingerprint density at radius 2 is 1.94 bits per heavy atom. The van der Waals surface area contributed by atoms with Crippen LogP contribution < -0.4 is 5.11 Å². The van der Waals surface area contributed by atoms with E-state index < -0.39 is 22.6 Å². The first-order valence-corrected chi connectivity index (χ1v) is 6.07. The van der Waals surface area contributed by atoms with Gasteiger partial charge in [0.1, 0.15) is 6.10 Å². The van der Waals surface area contributed by atoms with E-state index in [0.717, 1.165) is 5.56 Å². The van der Waals surface area contributed by atoms with Crippen molar-refractivity contribution in [3.8, 4) is 0 Å². The van der Waals surface area contributed by atoms with Gasteiger partial charge in [-0.3, -0.25) is 0 Å². The van der Waals surface area contributed by atoms with Crippen LogP contribution >= 0.6 is 0 Å². The molecule has 0 aromatic heterocycles. The minimum Gasteiger partial charge on any atom is -0.547 e. The highest BCUT2D eigenvalue weighted by molar-refractivity contribution is 7.81. The van der Waals surface area contributed by atoms with Crippen LogP contribution in [0, 0.1) is 0 Å². The second-order valence-electron chi connectivity index (χ2n) is 3.32. The van der Waals surface area contributed by atoms with E-state index in [1.165, 1.54) is 0 Å². The summed E-state index contributed by atoms with van der Waals surface area (Å²) < 4.78 is 36.3. The molecule has 0 aliphatic heterocycles. The molecule has 7 heteroatoms. The lowest BCUT2D eigenvalue weighted by Gasteiger charge is -2.15. The molecule has 0 heterocycles. The van der Waals surface area contributed by atoms with Crippen LogP contribution in [0.1, 0.15) is 12.0 Å². The summed E-state index contributed by atoms with van der Waals surface area (Å²) in [5, 5.41) is 10.5. The van der Waals surface area contributed by atoms with E-state index in [9.17, 15) is 22.2 Å². The summed E-state index contributed by atoms with van der Waals surface area (Å²) in [6.07, 6.45) is -1.75. The molecule has 1 aromatic carbocycles. The zero-order valence-corrected chi connectivity index (χ0v) is 9.52. The molecular weight excluding hydrogens is 251 g/mol.